The van der Waals surface area contributed by atoms with E-state index in [4.69, 9.17) is 5.84 Å². The van der Waals surface area contributed by atoms with Gasteiger partial charge in [0.2, 0.25) is 0 Å². The van der Waals surface area contributed by atoms with E-state index in [1.165, 1.54) is 6.07 Å². The van der Waals surface area contributed by atoms with Crippen LogP contribution in [-0.2, 0) is 16.3 Å². The van der Waals surface area contributed by atoms with Gasteiger partial charge in [0.05, 0.1) is 11.5 Å². The van der Waals surface area contributed by atoms with E-state index in [0.717, 1.165) is 0 Å². The lowest BCUT2D eigenvalue weighted by atomic mass is 9.93. The molecule has 4 nitrogen and oxygen atoms in total. The van der Waals surface area contributed by atoms with Gasteiger partial charge in [0, 0.05) is 6.04 Å². The summed E-state index contributed by atoms with van der Waals surface area (Å²) in [4.78, 5) is 0. The second-order valence-electron chi connectivity index (χ2n) is 4.73. The van der Waals surface area contributed by atoms with Crippen LogP contribution in [0.1, 0.15) is 12.0 Å². The predicted molar refractivity (Wildman–Crippen MR) is 68.0 cm³/mol. The highest BCUT2D eigenvalue weighted by molar-refractivity contribution is 7.91. The number of benzene rings is 1. The van der Waals surface area contributed by atoms with E-state index in [0.29, 0.717) is 18.4 Å². The number of nitrogens with two attached hydrogens (primary N) is 1. The number of nitrogens with one attached hydrogen (secondary N) is 1. The van der Waals surface area contributed by atoms with E-state index in [-0.39, 0.29) is 29.3 Å². The minimum absolute atomic E-state index is 0.0420. The average Bonchev–Trinajstić information content (AvgIpc) is 2.68. The van der Waals surface area contributed by atoms with E-state index >= 15 is 0 Å². The first-order chi connectivity index (χ1) is 8.52. The monoisotopic (exact) mass is 272 g/mol. The normalized spacial score (nSPS) is 24.0. The molecule has 1 aromatic carbocycles. The number of sulfone groups is 1. The molecule has 2 rings (SSSR count). The Kier molecular flexibility index (Phi) is 3.99. The molecule has 0 saturated carbocycles. The van der Waals surface area contributed by atoms with Gasteiger partial charge in [-0.05, 0) is 30.4 Å². The number of halogens is 1. The van der Waals surface area contributed by atoms with Gasteiger partial charge in [-0.25, -0.2) is 12.8 Å². The third-order valence-corrected chi connectivity index (χ3v) is 5.24. The molecule has 1 aliphatic rings. The summed E-state index contributed by atoms with van der Waals surface area (Å²) < 4.78 is 36.4. The van der Waals surface area contributed by atoms with E-state index < -0.39 is 9.84 Å². The van der Waals surface area contributed by atoms with Gasteiger partial charge in [0.15, 0.2) is 9.84 Å². The van der Waals surface area contributed by atoms with E-state index in [1.807, 2.05) is 0 Å². The number of hydrogen-bond acceptors (Lipinski definition) is 4. The summed E-state index contributed by atoms with van der Waals surface area (Å²) in [5, 5.41) is 0. The molecule has 0 aromatic heterocycles. The fourth-order valence-corrected chi connectivity index (χ4v) is 4.28. The number of hydrogen-bond donors (Lipinski definition) is 2. The Morgan fingerprint density at radius 2 is 2.17 bits per heavy atom. The first-order valence-corrected chi connectivity index (χ1v) is 7.74. The molecule has 18 heavy (non-hydrogen) atoms. The van der Waals surface area contributed by atoms with Crippen molar-refractivity contribution in [3.63, 3.8) is 0 Å². The molecule has 0 radical (unpaired) electrons. The van der Waals surface area contributed by atoms with Crippen LogP contribution in [-0.4, -0.2) is 26.0 Å². The van der Waals surface area contributed by atoms with Crippen LogP contribution in [0.3, 0.4) is 0 Å². The molecule has 2 atom stereocenters. The molecule has 3 N–H and O–H groups in total. The van der Waals surface area contributed by atoms with Gasteiger partial charge in [0.25, 0.3) is 0 Å². The molecule has 1 heterocycles. The maximum Gasteiger partial charge on any atom is 0.150 e. The lowest BCUT2D eigenvalue weighted by Crippen LogP contribution is -2.43. The van der Waals surface area contributed by atoms with Gasteiger partial charge in [-0.2, -0.15) is 0 Å². The number of hydrazine groups is 1. The summed E-state index contributed by atoms with van der Waals surface area (Å²) in [5.41, 5.74) is 3.19. The highest BCUT2D eigenvalue weighted by Crippen LogP contribution is 2.24. The van der Waals surface area contributed by atoms with Crippen LogP contribution in [0.25, 0.3) is 0 Å². The van der Waals surface area contributed by atoms with Crippen molar-refractivity contribution in [2.45, 2.75) is 18.9 Å². The van der Waals surface area contributed by atoms with Crippen molar-refractivity contribution >= 4 is 9.84 Å². The van der Waals surface area contributed by atoms with Gasteiger partial charge in [-0.1, -0.05) is 18.2 Å². The summed E-state index contributed by atoms with van der Waals surface area (Å²) in [6.07, 6.45) is 0.995. The van der Waals surface area contributed by atoms with Crippen LogP contribution >= 0.6 is 0 Å². The molecule has 1 saturated heterocycles. The average molecular weight is 272 g/mol. The molecule has 0 aliphatic carbocycles. The largest absolute Gasteiger partial charge is 0.271 e. The fraction of sp³-hybridized carbons (Fsp3) is 0.500. The third kappa shape index (κ3) is 3.07. The molecular formula is C12H17FN2O2S. The van der Waals surface area contributed by atoms with Gasteiger partial charge in [-0.15, -0.1) is 0 Å². The molecule has 0 bridgehead atoms. The van der Waals surface area contributed by atoms with Crippen LogP contribution in [0.15, 0.2) is 24.3 Å². The summed E-state index contributed by atoms with van der Waals surface area (Å²) >= 11 is 0. The van der Waals surface area contributed by atoms with Gasteiger partial charge < -0.3 is 0 Å². The Hall–Kier alpha value is -0.980. The van der Waals surface area contributed by atoms with Crippen LogP contribution in [0.5, 0.6) is 0 Å². The van der Waals surface area contributed by atoms with E-state index in [1.54, 1.807) is 18.2 Å². The highest BCUT2D eigenvalue weighted by atomic mass is 32.2. The zero-order chi connectivity index (χ0) is 13.2. The standard InChI is InChI=1S/C12H17FN2O2S/c13-11-4-2-1-3-9(11)7-12(15-14)10-5-6-18(16,17)8-10/h1-4,10,12,15H,5-8,14H2. The summed E-state index contributed by atoms with van der Waals surface area (Å²) in [6, 6.07) is 6.28. The second kappa shape index (κ2) is 5.34. The summed E-state index contributed by atoms with van der Waals surface area (Å²) in [6.45, 7) is 0. The van der Waals surface area contributed by atoms with Gasteiger partial charge in [-0.3, -0.25) is 11.3 Å². The SMILES string of the molecule is NNC(Cc1ccccc1F)C1CCS(=O)(=O)C1. The van der Waals surface area contributed by atoms with Crippen molar-refractivity contribution in [3.05, 3.63) is 35.6 Å². The van der Waals surface area contributed by atoms with Gasteiger partial charge in [0.1, 0.15) is 5.82 Å². The molecule has 1 fully saturated rings. The molecule has 1 aromatic rings. The van der Waals surface area contributed by atoms with Crippen molar-refractivity contribution in [3.8, 4) is 0 Å². The quantitative estimate of drug-likeness (QED) is 0.623. The lowest BCUT2D eigenvalue weighted by molar-refractivity contribution is 0.381. The lowest BCUT2D eigenvalue weighted by Gasteiger charge is -2.21. The molecule has 100 valence electrons. The van der Waals surface area contributed by atoms with Crippen molar-refractivity contribution in [1.29, 1.82) is 0 Å². The minimum Gasteiger partial charge on any atom is -0.271 e. The van der Waals surface area contributed by atoms with E-state index in [2.05, 4.69) is 5.43 Å². The minimum atomic E-state index is -2.94. The molecule has 2 unspecified atom stereocenters. The maximum atomic E-state index is 13.5. The third-order valence-electron chi connectivity index (χ3n) is 3.45. The second-order valence-corrected chi connectivity index (χ2v) is 6.96. The van der Waals surface area contributed by atoms with E-state index in [9.17, 15) is 12.8 Å². The van der Waals surface area contributed by atoms with Crippen LogP contribution in [0, 0.1) is 11.7 Å². The zero-order valence-electron chi connectivity index (χ0n) is 9.97. The van der Waals surface area contributed by atoms with Crippen LogP contribution < -0.4 is 11.3 Å². The first kappa shape index (κ1) is 13.5. The van der Waals surface area contributed by atoms with Crippen LogP contribution in [0.4, 0.5) is 4.39 Å². The summed E-state index contributed by atoms with van der Waals surface area (Å²) in [7, 11) is -2.94. The Balaban J connectivity index is 2.09. The summed E-state index contributed by atoms with van der Waals surface area (Å²) in [5.74, 6) is 5.49. The highest BCUT2D eigenvalue weighted by Gasteiger charge is 2.33. The molecule has 6 heteroatoms. The smallest absolute Gasteiger partial charge is 0.150 e. The van der Waals surface area contributed by atoms with Crippen molar-refractivity contribution in [1.82, 2.24) is 5.43 Å². The molecule has 0 spiro atoms. The topological polar surface area (TPSA) is 72.2 Å². The molecule has 0 amide bonds. The Labute approximate surface area is 106 Å². The first-order valence-electron chi connectivity index (χ1n) is 5.92. The predicted octanol–water partition coefficient (Wildman–Crippen LogP) is 0.635. The van der Waals surface area contributed by atoms with Crippen LogP contribution in [0.2, 0.25) is 0 Å². The van der Waals surface area contributed by atoms with Crippen molar-refractivity contribution in [2.24, 2.45) is 11.8 Å². The Morgan fingerprint density at radius 1 is 1.44 bits per heavy atom. The Bertz CT molecular complexity index is 519. The fourth-order valence-electron chi connectivity index (χ4n) is 2.40. The maximum absolute atomic E-state index is 13.5. The Morgan fingerprint density at radius 3 is 2.72 bits per heavy atom. The number of rotatable bonds is 4. The molecular weight excluding hydrogens is 255 g/mol. The van der Waals surface area contributed by atoms with Crippen molar-refractivity contribution < 1.29 is 12.8 Å². The van der Waals surface area contributed by atoms with Gasteiger partial charge >= 0.3 is 0 Å². The molecule has 1 aliphatic heterocycles. The van der Waals surface area contributed by atoms with Crippen molar-refractivity contribution in [2.75, 3.05) is 11.5 Å². The zero-order valence-corrected chi connectivity index (χ0v) is 10.8.